The first-order valence-corrected chi connectivity index (χ1v) is 10.6. The van der Waals surface area contributed by atoms with E-state index in [9.17, 15) is 13.7 Å². The topological polar surface area (TPSA) is 86.2 Å². The number of benzene rings is 1. The summed E-state index contributed by atoms with van der Waals surface area (Å²) in [7, 11) is -1.26. The molecule has 0 bridgehead atoms. The maximum atomic E-state index is 12.3. The van der Waals surface area contributed by atoms with E-state index >= 15 is 0 Å². The molecule has 3 atom stereocenters. The molecule has 3 aromatic rings. The Labute approximate surface area is 163 Å². The van der Waals surface area contributed by atoms with Gasteiger partial charge in [0.2, 0.25) is 0 Å². The van der Waals surface area contributed by atoms with Crippen LogP contribution in [0.2, 0.25) is 0 Å². The highest BCUT2D eigenvalue weighted by molar-refractivity contribution is 7.58. The normalized spacial score (nSPS) is 20.5. The second-order valence-electron chi connectivity index (χ2n) is 6.82. The quantitative estimate of drug-likeness (QED) is 0.637. The van der Waals surface area contributed by atoms with Crippen LogP contribution < -0.4 is 11.3 Å². The molecule has 3 unspecified atom stereocenters. The monoisotopic (exact) mass is 408 g/mol. The molecule has 1 saturated heterocycles. The first-order valence-electron chi connectivity index (χ1n) is 8.85. The van der Waals surface area contributed by atoms with Crippen molar-refractivity contribution in [2.75, 3.05) is 19.9 Å². The highest BCUT2D eigenvalue weighted by atomic mass is 31.1. The van der Waals surface area contributed by atoms with E-state index in [-0.39, 0.29) is 17.9 Å². The van der Waals surface area contributed by atoms with Crippen LogP contribution in [0.3, 0.4) is 0 Å². The lowest BCUT2D eigenvalue weighted by molar-refractivity contribution is 0.0458. The van der Waals surface area contributed by atoms with Crippen LogP contribution >= 0.6 is 8.15 Å². The summed E-state index contributed by atoms with van der Waals surface area (Å²) < 4.78 is 32.1. The molecule has 0 radical (unpaired) electrons. The van der Waals surface area contributed by atoms with E-state index in [4.69, 9.17) is 10.5 Å². The summed E-state index contributed by atoms with van der Waals surface area (Å²) in [6.07, 6.45) is 6.65. The molecule has 3 N–H and O–H groups in total. The second-order valence-corrected chi connectivity index (χ2v) is 8.27. The van der Waals surface area contributed by atoms with Crippen molar-refractivity contribution in [2.45, 2.75) is 25.4 Å². The van der Waals surface area contributed by atoms with E-state index in [2.05, 4.69) is 14.5 Å². The van der Waals surface area contributed by atoms with Crippen LogP contribution in [0.1, 0.15) is 18.0 Å². The number of halogens is 2. The molecular weight excluding hydrogens is 385 g/mol. The number of rotatable bonds is 2. The van der Waals surface area contributed by atoms with Crippen molar-refractivity contribution in [3.8, 4) is 0 Å². The Hall–Kier alpha value is -1.99. The van der Waals surface area contributed by atoms with Gasteiger partial charge in [0.15, 0.2) is 5.57 Å². The van der Waals surface area contributed by atoms with Crippen molar-refractivity contribution >= 4 is 24.6 Å². The lowest BCUT2D eigenvalue weighted by atomic mass is 10.1. The third kappa shape index (κ3) is 5.08. The number of hydrogen-bond acceptors (Lipinski definition) is 5. The van der Waals surface area contributed by atoms with Crippen molar-refractivity contribution in [3.05, 3.63) is 54.0 Å². The summed E-state index contributed by atoms with van der Waals surface area (Å²) in [5, 5.41) is 0.972. The predicted molar refractivity (Wildman–Crippen MR) is 106 cm³/mol. The third-order valence-electron chi connectivity index (χ3n) is 4.44. The van der Waals surface area contributed by atoms with Crippen LogP contribution in [-0.4, -0.2) is 45.3 Å². The third-order valence-corrected chi connectivity index (χ3v) is 5.24. The minimum absolute atomic E-state index is 0.0897. The molecule has 9 heteroatoms. The molecule has 1 aliphatic rings. The average Bonchev–Trinajstić information content (AvgIpc) is 3.09. The van der Waals surface area contributed by atoms with E-state index in [0.29, 0.717) is 24.3 Å². The summed E-state index contributed by atoms with van der Waals surface area (Å²) in [5.41, 5.74) is 7.63. The van der Waals surface area contributed by atoms with E-state index < -0.39 is 14.0 Å². The van der Waals surface area contributed by atoms with Crippen LogP contribution in [0.5, 0.6) is 0 Å². The zero-order valence-electron chi connectivity index (χ0n) is 15.7. The molecule has 28 heavy (non-hydrogen) atoms. The van der Waals surface area contributed by atoms with Gasteiger partial charge in [0.1, 0.15) is 11.6 Å². The fourth-order valence-corrected chi connectivity index (χ4v) is 3.44. The summed E-state index contributed by atoms with van der Waals surface area (Å²) in [6.45, 7) is 4.56. The van der Waals surface area contributed by atoms with Gasteiger partial charge in [-0.05, 0) is 43.8 Å². The van der Waals surface area contributed by atoms with Crippen molar-refractivity contribution in [2.24, 2.45) is 5.73 Å². The van der Waals surface area contributed by atoms with Gasteiger partial charge >= 0.3 is 0 Å². The molecule has 1 aromatic carbocycles. The number of hydrogen-bond donors (Lipinski definition) is 2. The van der Waals surface area contributed by atoms with Crippen molar-refractivity contribution in [3.63, 3.8) is 0 Å². The Kier molecular flexibility index (Phi) is 6.67. The van der Waals surface area contributed by atoms with Gasteiger partial charge in [-0.25, -0.2) is 18.7 Å². The molecule has 1 aliphatic heterocycles. The van der Waals surface area contributed by atoms with Gasteiger partial charge in [-0.2, -0.15) is 0 Å². The molecule has 2 aromatic heterocycles. The largest absolute Gasteiger partial charge is 0.378 e. The molecule has 0 amide bonds. The Bertz CT molecular complexity index is 951. The molecule has 0 aliphatic carbocycles. The molecular formula is C19H23F2N4O2P. The number of nitrogens with zero attached hydrogens (tertiary/aromatic N) is 3. The maximum Gasteiger partial charge on any atom is 0.178 e. The summed E-state index contributed by atoms with van der Waals surface area (Å²) in [4.78, 5) is 18.1. The minimum Gasteiger partial charge on any atom is -0.378 e. The van der Waals surface area contributed by atoms with Gasteiger partial charge in [0, 0.05) is 30.0 Å². The number of aryl methyl sites for hydroxylation is 1. The minimum atomic E-state index is -1.26. The van der Waals surface area contributed by atoms with Crippen molar-refractivity contribution < 1.29 is 18.4 Å². The SMILES string of the molecule is CP(O)c1ncc2cn(C3COCC(N)C3)cc2n1.Cc1cc(F)ccc1F. The second kappa shape index (κ2) is 9.01. The maximum absolute atomic E-state index is 12.3. The van der Waals surface area contributed by atoms with Crippen LogP contribution in [0.4, 0.5) is 8.78 Å². The van der Waals surface area contributed by atoms with Crippen LogP contribution in [0, 0.1) is 18.6 Å². The van der Waals surface area contributed by atoms with E-state index in [0.717, 1.165) is 35.5 Å². The zero-order valence-corrected chi connectivity index (χ0v) is 16.6. The summed E-state index contributed by atoms with van der Waals surface area (Å²) in [6, 6.07) is 3.72. The van der Waals surface area contributed by atoms with Crippen LogP contribution in [0.25, 0.3) is 10.9 Å². The standard InChI is InChI=1S/C12H17N4O2P.C7H6F2/c1-19(17)12-14-3-8-4-16(5-11(8)15-12)10-2-9(13)6-18-7-10;1-5-4-6(8)2-3-7(5)9/h3-5,9-10,17H,2,6-7,13H2,1H3;2-4H,1H3. The van der Waals surface area contributed by atoms with Gasteiger partial charge in [-0.3, -0.25) is 0 Å². The van der Waals surface area contributed by atoms with Gasteiger partial charge < -0.3 is 19.9 Å². The van der Waals surface area contributed by atoms with Crippen LogP contribution in [0.15, 0.2) is 36.8 Å². The number of aromatic nitrogens is 3. The van der Waals surface area contributed by atoms with E-state index in [1.807, 2.05) is 12.4 Å². The molecule has 6 nitrogen and oxygen atoms in total. The van der Waals surface area contributed by atoms with Gasteiger partial charge in [0.25, 0.3) is 0 Å². The smallest absolute Gasteiger partial charge is 0.178 e. The fraction of sp³-hybridized carbons (Fsp3) is 0.368. The van der Waals surface area contributed by atoms with Crippen LogP contribution in [-0.2, 0) is 4.74 Å². The Balaban J connectivity index is 0.000000211. The lowest BCUT2D eigenvalue weighted by Crippen LogP contribution is -2.36. The molecule has 3 heterocycles. The molecule has 150 valence electrons. The Morgan fingerprint density at radius 2 is 2.07 bits per heavy atom. The highest BCUT2D eigenvalue weighted by Gasteiger charge is 2.21. The predicted octanol–water partition coefficient (Wildman–Crippen LogP) is 2.64. The van der Waals surface area contributed by atoms with Crippen molar-refractivity contribution in [1.82, 2.24) is 14.5 Å². The first kappa shape index (κ1) is 20.7. The number of nitrogens with two attached hydrogens (primary N) is 1. The lowest BCUT2D eigenvalue weighted by Gasteiger charge is -2.27. The Morgan fingerprint density at radius 3 is 2.71 bits per heavy atom. The van der Waals surface area contributed by atoms with Gasteiger partial charge in [-0.15, -0.1) is 0 Å². The number of fused-ring (bicyclic) bond motifs is 1. The van der Waals surface area contributed by atoms with Gasteiger partial charge in [-0.1, -0.05) is 0 Å². The van der Waals surface area contributed by atoms with E-state index in [1.54, 1.807) is 12.9 Å². The zero-order chi connectivity index (χ0) is 20.3. The molecule has 4 rings (SSSR count). The summed E-state index contributed by atoms with van der Waals surface area (Å²) >= 11 is 0. The summed E-state index contributed by atoms with van der Waals surface area (Å²) in [5.74, 6) is -0.759. The average molecular weight is 408 g/mol. The molecule has 0 spiro atoms. The van der Waals surface area contributed by atoms with Crippen molar-refractivity contribution in [1.29, 1.82) is 0 Å². The van der Waals surface area contributed by atoms with E-state index in [1.165, 1.54) is 6.92 Å². The fourth-order valence-electron chi connectivity index (χ4n) is 2.96. The highest BCUT2D eigenvalue weighted by Crippen LogP contribution is 2.24. The molecule has 1 fully saturated rings. The van der Waals surface area contributed by atoms with Gasteiger partial charge in [0.05, 0.1) is 32.9 Å². The number of ether oxygens (including phenoxy) is 1. The molecule has 0 saturated carbocycles. The Morgan fingerprint density at radius 1 is 1.29 bits per heavy atom. The first-order chi connectivity index (χ1) is 13.3.